The Labute approximate surface area is 144 Å². The fourth-order valence-electron chi connectivity index (χ4n) is 3.12. The van der Waals surface area contributed by atoms with E-state index in [1.807, 2.05) is 18.2 Å². The van der Waals surface area contributed by atoms with Gasteiger partial charge in [0.05, 0.1) is 11.4 Å². The normalized spacial score (nSPS) is 11.2. The Bertz CT molecular complexity index is 1190. The van der Waals surface area contributed by atoms with Crippen LogP contribution in [0, 0.1) is 0 Å². The summed E-state index contributed by atoms with van der Waals surface area (Å²) in [6.07, 6.45) is 1.54. The van der Waals surface area contributed by atoms with Crippen LogP contribution in [0.1, 0.15) is 0 Å². The third-order valence-electron chi connectivity index (χ3n) is 4.37. The van der Waals surface area contributed by atoms with Crippen LogP contribution >= 0.6 is 0 Å². The van der Waals surface area contributed by atoms with E-state index in [1.54, 1.807) is 10.8 Å². The summed E-state index contributed by atoms with van der Waals surface area (Å²) in [5, 5.41) is 6.74. The predicted molar refractivity (Wildman–Crippen MR) is 99.2 cm³/mol. The van der Waals surface area contributed by atoms with Gasteiger partial charge < -0.3 is 0 Å². The van der Waals surface area contributed by atoms with Crippen LogP contribution in [0.2, 0.25) is 0 Å². The molecule has 4 nitrogen and oxygen atoms in total. The van der Waals surface area contributed by atoms with Crippen molar-refractivity contribution in [2.75, 3.05) is 0 Å². The van der Waals surface area contributed by atoms with Crippen molar-refractivity contribution in [3.8, 4) is 22.5 Å². The highest BCUT2D eigenvalue weighted by molar-refractivity contribution is 5.87. The first-order chi connectivity index (χ1) is 12.4. The second-order valence-electron chi connectivity index (χ2n) is 5.93. The van der Waals surface area contributed by atoms with Crippen molar-refractivity contribution in [3.05, 3.63) is 85.2 Å². The SMILES string of the molecule is c1ccc(-c2cc(-c3ccc4ccccc4c3)nc3ncnn23)cc1. The first kappa shape index (κ1) is 13.9. The molecule has 0 amide bonds. The first-order valence-corrected chi connectivity index (χ1v) is 8.14. The zero-order chi connectivity index (χ0) is 16.6. The third kappa shape index (κ3) is 2.35. The number of nitrogens with zero attached hydrogens (tertiary/aromatic N) is 4. The van der Waals surface area contributed by atoms with Crippen LogP contribution in [0.25, 0.3) is 39.1 Å². The van der Waals surface area contributed by atoms with E-state index >= 15 is 0 Å². The summed E-state index contributed by atoms with van der Waals surface area (Å²) in [5.41, 5.74) is 4.03. The van der Waals surface area contributed by atoms with Crippen molar-refractivity contribution < 1.29 is 0 Å². The van der Waals surface area contributed by atoms with Gasteiger partial charge in [0.1, 0.15) is 6.33 Å². The molecule has 0 fully saturated rings. The van der Waals surface area contributed by atoms with E-state index < -0.39 is 0 Å². The molecule has 4 heteroatoms. The number of fused-ring (bicyclic) bond motifs is 2. The predicted octanol–water partition coefficient (Wildman–Crippen LogP) is 4.61. The second-order valence-corrected chi connectivity index (χ2v) is 5.93. The Morgan fingerprint density at radius 2 is 1.48 bits per heavy atom. The average molecular weight is 322 g/mol. The molecular formula is C21H14N4. The van der Waals surface area contributed by atoms with Gasteiger partial charge in [-0.2, -0.15) is 14.6 Å². The maximum Gasteiger partial charge on any atom is 0.253 e. The molecule has 0 atom stereocenters. The Hall–Kier alpha value is -3.53. The van der Waals surface area contributed by atoms with E-state index in [0.29, 0.717) is 5.78 Å². The Balaban J connectivity index is 1.76. The number of hydrogen-bond acceptors (Lipinski definition) is 3. The summed E-state index contributed by atoms with van der Waals surface area (Å²) in [7, 11) is 0. The number of benzene rings is 3. The molecule has 5 rings (SSSR count). The number of aromatic nitrogens is 4. The molecule has 25 heavy (non-hydrogen) atoms. The van der Waals surface area contributed by atoms with E-state index in [-0.39, 0.29) is 0 Å². The molecule has 0 spiro atoms. The van der Waals surface area contributed by atoms with Crippen molar-refractivity contribution in [1.29, 1.82) is 0 Å². The van der Waals surface area contributed by atoms with Gasteiger partial charge in [0.25, 0.3) is 5.78 Å². The van der Waals surface area contributed by atoms with E-state index in [1.165, 1.54) is 10.8 Å². The van der Waals surface area contributed by atoms with Crippen molar-refractivity contribution >= 4 is 16.6 Å². The van der Waals surface area contributed by atoms with Crippen molar-refractivity contribution in [1.82, 2.24) is 19.6 Å². The Morgan fingerprint density at radius 1 is 0.680 bits per heavy atom. The van der Waals surface area contributed by atoms with E-state index in [0.717, 1.165) is 22.5 Å². The minimum Gasteiger partial charge on any atom is -0.211 e. The highest BCUT2D eigenvalue weighted by Gasteiger charge is 2.11. The first-order valence-electron chi connectivity index (χ1n) is 8.14. The van der Waals surface area contributed by atoms with Gasteiger partial charge in [-0.05, 0) is 22.9 Å². The monoisotopic (exact) mass is 322 g/mol. The summed E-state index contributed by atoms with van der Waals surface area (Å²) in [6.45, 7) is 0. The summed E-state index contributed by atoms with van der Waals surface area (Å²) in [6, 6.07) is 27.0. The van der Waals surface area contributed by atoms with Gasteiger partial charge in [0, 0.05) is 11.1 Å². The molecule has 0 bridgehead atoms. The van der Waals surface area contributed by atoms with Crippen molar-refractivity contribution in [3.63, 3.8) is 0 Å². The van der Waals surface area contributed by atoms with E-state index in [2.05, 4.69) is 75.7 Å². The van der Waals surface area contributed by atoms with Crippen LogP contribution in [-0.2, 0) is 0 Å². The highest BCUT2D eigenvalue weighted by atomic mass is 15.3. The fourth-order valence-corrected chi connectivity index (χ4v) is 3.12. The molecule has 0 radical (unpaired) electrons. The third-order valence-corrected chi connectivity index (χ3v) is 4.37. The lowest BCUT2D eigenvalue weighted by molar-refractivity contribution is 0.949. The smallest absolute Gasteiger partial charge is 0.211 e. The second kappa shape index (κ2) is 5.53. The van der Waals surface area contributed by atoms with Crippen LogP contribution in [0.15, 0.2) is 85.2 Å². The van der Waals surface area contributed by atoms with Crippen LogP contribution in [0.5, 0.6) is 0 Å². The van der Waals surface area contributed by atoms with Gasteiger partial charge in [-0.1, -0.05) is 66.7 Å². The number of hydrogen-bond donors (Lipinski definition) is 0. The number of rotatable bonds is 2. The molecule has 0 saturated carbocycles. The van der Waals surface area contributed by atoms with Crippen LogP contribution in [0.3, 0.4) is 0 Å². The summed E-state index contributed by atoms with van der Waals surface area (Å²) < 4.78 is 1.78. The molecule has 0 aliphatic rings. The lowest BCUT2D eigenvalue weighted by atomic mass is 10.0. The van der Waals surface area contributed by atoms with Crippen LogP contribution in [0.4, 0.5) is 0 Å². The van der Waals surface area contributed by atoms with Crippen molar-refractivity contribution in [2.45, 2.75) is 0 Å². The highest BCUT2D eigenvalue weighted by Crippen LogP contribution is 2.27. The molecule has 3 aromatic carbocycles. The Kier molecular flexibility index (Phi) is 3.07. The quantitative estimate of drug-likeness (QED) is 0.476. The standard InChI is InChI=1S/C21H14N4/c1-2-7-16(8-3-1)20-13-19(24-21-22-14-23-25(20)21)18-11-10-15-6-4-5-9-17(15)12-18/h1-14H. The Morgan fingerprint density at radius 3 is 2.36 bits per heavy atom. The molecule has 5 aromatic rings. The molecule has 2 aromatic heterocycles. The molecule has 0 N–H and O–H groups in total. The van der Waals surface area contributed by atoms with Gasteiger partial charge >= 0.3 is 0 Å². The minimum absolute atomic E-state index is 0.601. The molecule has 0 saturated heterocycles. The maximum atomic E-state index is 4.69. The lowest BCUT2D eigenvalue weighted by Gasteiger charge is -2.08. The zero-order valence-electron chi connectivity index (χ0n) is 13.4. The minimum atomic E-state index is 0.601. The average Bonchev–Trinajstić information content (AvgIpc) is 3.16. The molecule has 0 unspecified atom stereocenters. The van der Waals surface area contributed by atoms with Gasteiger partial charge in [-0.15, -0.1) is 0 Å². The van der Waals surface area contributed by atoms with Crippen LogP contribution < -0.4 is 0 Å². The van der Waals surface area contributed by atoms with E-state index in [4.69, 9.17) is 0 Å². The van der Waals surface area contributed by atoms with Crippen molar-refractivity contribution in [2.24, 2.45) is 0 Å². The van der Waals surface area contributed by atoms with Gasteiger partial charge in [0.2, 0.25) is 0 Å². The molecule has 0 aliphatic heterocycles. The molecule has 0 aliphatic carbocycles. The van der Waals surface area contributed by atoms with Gasteiger partial charge in [-0.25, -0.2) is 4.98 Å². The molecule has 2 heterocycles. The van der Waals surface area contributed by atoms with Gasteiger partial charge in [-0.3, -0.25) is 0 Å². The maximum absolute atomic E-state index is 4.69. The fraction of sp³-hybridized carbons (Fsp3) is 0. The van der Waals surface area contributed by atoms with E-state index in [9.17, 15) is 0 Å². The largest absolute Gasteiger partial charge is 0.253 e. The molecule has 118 valence electrons. The molecular weight excluding hydrogens is 308 g/mol. The van der Waals surface area contributed by atoms with Gasteiger partial charge in [0.15, 0.2) is 0 Å². The summed E-state index contributed by atoms with van der Waals surface area (Å²) >= 11 is 0. The summed E-state index contributed by atoms with van der Waals surface area (Å²) in [5.74, 6) is 0.601. The lowest BCUT2D eigenvalue weighted by Crippen LogP contribution is -1.98. The zero-order valence-corrected chi connectivity index (χ0v) is 13.4. The van der Waals surface area contributed by atoms with Crippen LogP contribution in [-0.4, -0.2) is 19.6 Å². The topological polar surface area (TPSA) is 43.1 Å². The summed E-state index contributed by atoms with van der Waals surface area (Å²) in [4.78, 5) is 8.98.